The standard InChI is InChI=1S/C38H43BF2N10O12P2S/c1-4-23-29(25(40)35(60-23)50-17-46-27-31(42)44-16-45-32(27)50)63-65(55,66-15-19-6-10-22(11-7-19)59-37(53)20-8-12-21(13-9-20)57-5-2)58-14-24-30(62-64(39,54)56-3)26(41)36(61-24)51-18-47-28-33(51)48-38(43)49-34(28)52/h6-13,16-18,23-26,29-30,35-36H,4-5,14-15,39H2,1-3H3,(H2,42,44,45)(H3,43,48,49,52)/t23-,24-,25-,26-,29-,30-,35-,36-,64?,65?/m1/s1. The lowest BCUT2D eigenvalue weighted by Crippen LogP contribution is -2.34. The van der Waals surface area contributed by atoms with Crippen LogP contribution in [0.3, 0.4) is 0 Å². The molecule has 10 atom stereocenters. The number of fused-ring (bicyclic) bond motifs is 2. The fraction of sp³-hybridized carbons (Fsp3) is 0.395. The second kappa shape index (κ2) is 19.5. The molecule has 6 aromatic rings. The number of halogens is 2. The minimum Gasteiger partial charge on any atom is -0.494 e. The Morgan fingerprint density at radius 3 is 2.18 bits per heavy atom. The molecule has 2 aromatic carbocycles. The number of carbonyl (C=O) groups excluding carboxylic acids is 1. The van der Waals surface area contributed by atoms with Gasteiger partial charge in [-0.05, 0) is 66.7 Å². The predicted octanol–water partition coefficient (Wildman–Crippen LogP) is 4.84. The Morgan fingerprint density at radius 2 is 1.52 bits per heavy atom. The third-order valence-corrected chi connectivity index (χ3v) is 15.5. The predicted molar refractivity (Wildman–Crippen MR) is 237 cm³/mol. The summed E-state index contributed by atoms with van der Waals surface area (Å²) < 4.78 is 110. The molecule has 0 spiro atoms. The monoisotopic (exact) mass is 974 g/mol. The highest BCUT2D eigenvalue weighted by atomic mass is 32.7. The first-order valence-corrected chi connectivity index (χ1v) is 25.4. The van der Waals surface area contributed by atoms with E-state index in [1.54, 1.807) is 43.3 Å². The minimum atomic E-state index is -4.58. The van der Waals surface area contributed by atoms with Crippen LogP contribution < -0.4 is 26.5 Å². The van der Waals surface area contributed by atoms with E-state index in [1.807, 2.05) is 6.92 Å². The number of nitrogen functional groups attached to an aromatic ring is 2. The SMILES string of the molecule is BP(=O)(OC)O[C@H]1[C@@H](F)[C@H](n2cnc3c(=O)[nH]c(N)nc32)O[C@@H]1COP(=O)(O[C@H]1[C@@H](F)[C@H](n2cnc3c(N)ncnc32)O[C@@H]1CC)SCc1ccc(OC(=O)c2ccc(OCC)cc2)cc1. The number of nitrogens with one attached hydrogen (secondary N) is 1. The number of esters is 1. The van der Waals surface area contributed by atoms with Crippen molar-refractivity contribution in [3.8, 4) is 11.5 Å². The number of nitrogens with zero attached hydrogens (tertiary/aromatic N) is 7. The lowest BCUT2D eigenvalue weighted by atomic mass is 10.1. The molecule has 2 fully saturated rings. The number of ether oxygens (including phenoxy) is 4. The van der Waals surface area contributed by atoms with Crippen LogP contribution in [0.25, 0.3) is 22.3 Å². The van der Waals surface area contributed by atoms with E-state index in [1.165, 1.54) is 29.4 Å². The van der Waals surface area contributed by atoms with Gasteiger partial charge < -0.3 is 39.5 Å². The van der Waals surface area contributed by atoms with E-state index in [-0.39, 0.29) is 52.0 Å². The zero-order valence-electron chi connectivity index (χ0n) is 35.5. The normalized spacial score (nSPS) is 24.9. The van der Waals surface area contributed by atoms with Crippen LogP contribution in [0.4, 0.5) is 20.5 Å². The molecule has 0 amide bonds. The molecular formula is C38H43BF2N10O12P2S. The molecule has 4 aromatic heterocycles. The maximum absolute atomic E-state index is 16.8. The number of aromatic amines is 1. The lowest BCUT2D eigenvalue weighted by molar-refractivity contribution is -0.0434. The number of anilines is 2. The summed E-state index contributed by atoms with van der Waals surface area (Å²) in [5, 5.41) is 0. The Labute approximate surface area is 378 Å². The van der Waals surface area contributed by atoms with Gasteiger partial charge in [0.05, 0.1) is 37.5 Å². The van der Waals surface area contributed by atoms with Gasteiger partial charge in [0, 0.05) is 12.9 Å². The number of benzene rings is 2. The van der Waals surface area contributed by atoms with Crippen molar-refractivity contribution in [2.24, 2.45) is 0 Å². The van der Waals surface area contributed by atoms with Gasteiger partial charge in [0.25, 0.3) is 20.6 Å². The summed E-state index contributed by atoms with van der Waals surface area (Å²) in [5.74, 6) is -0.0680. The number of aromatic nitrogens is 8. The average Bonchev–Trinajstić information content (AvgIpc) is 4.07. The number of nitrogens with two attached hydrogens (primary N) is 2. The summed E-state index contributed by atoms with van der Waals surface area (Å²) in [6.45, 7) is -1.27. The van der Waals surface area contributed by atoms with Crippen LogP contribution in [0, 0.1) is 0 Å². The molecule has 5 N–H and O–H groups in total. The third kappa shape index (κ3) is 9.87. The van der Waals surface area contributed by atoms with E-state index >= 15 is 13.3 Å². The molecule has 2 unspecified atom stereocenters. The number of rotatable bonds is 18. The topological polar surface area (TPSA) is 284 Å². The zero-order valence-corrected chi connectivity index (χ0v) is 38.1. The first-order valence-electron chi connectivity index (χ1n) is 20.3. The number of hydrogen-bond donors (Lipinski definition) is 3. The van der Waals surface area contributed by atoms with Gasteiger partial charge in [-0.1, -0.05) is 19.1 Å². The highest BCUT2D eigenvalue weighted by Crippen LogP contribution is 2.64. The fourth-order valence-corrected chi connectivity index (χ4v) is 11.4. The van der Waals surface area contributed by atoms with Crippen LogP contribution in [0.1, 0.15) is 48.6 Å². The molecule has 0 radical (unpaired) electrons. The molecule has 0 aliphatic carbocycles. The highest BCUT2D eigenvalue weighted by molar-refractivity contribution is 8.54. The Morgan fingerprint density at radius 1 is 0.879 bits per heavy atom. The average molecular weight is 975 g/mol. The first kappa shape index (κ1) is 47.2. The molecule has 66 heavy (non-hydrogen) atoms. The van der Waals surface area contributed by atoms with Crippen molar-refractivity contribution >= 4 is 73.3 Å². The van der Waals surface area contributed by atoms with Crippen molar-refractivity contribution in [3.05, 3.63) is 89.0 Å². The van der Waals surface area contributed by atoms with E-state index in [9.17, 15) is 14.2 Å². The first-order chi connectivity index (χ1) is 31.6. The second-order valence-electron chi connectivity index (χ2n) is 14.9. The van der Waals surface area contributed by atoms with Crippen molar-refractivity contribution in [2.45, 2.75) is 75.2 Å². The summed E-state index contributed by atoms with van der Waals surface area (Å²) in [4.78, 5) is 48.2. The van der Waals surface area contributed by atoms with Crippen molar-refractivity contribution in [2.75, 3.05) is 31.8 Å². The van der Waals surface area contributed by atoms with Gasteiger partial charge in [0.2, 0.25) is 5.95 Å². The zero-order chi connectivity index (χ0) is 46.9. The van der Waals surface area contributed by atoms with Gasteiger partial charge in [-0.15, -0.1) is 0 Å². The number of H-pyrrole nitrogens is 1. The largest absolute Gasteiger partial charge is 0.494 e. The Kier molecular flexibility index (Phi) is 14.0. The van der Waals surface area contributed by atoms with Crippen LogP contribution in [0.2, 0.25) is 0 Å². The van der Waals surface area contributed by atoms with Crippen LogP contribution in [0.5, 0.6) is 11.5 Å². The van der Waals surface area contributed by atoms with Gasteiger partial charge in [-0.3, -0.25) is 32.5 Å². The molecule has 2 saturated heterocycles. The smallest absolute Gasteiger partial charge is 0.389 e. The molecule has 22 nitrogen and oxygen atoms in total. The van der Waals surface area contributed by atoms with Crippen molar-refractivity contribution in [3.63, 3.8) is 0 Å². The summed E-state index contributed by atoms with van der Waals surface area (Å²) in [6.07, 6.45) is -8.95. The van der Waals surface area contributed by atoms with Gasteiger partial charge >= 0.3 is 12.8 Å². The van der Waals surface area contributed by atoms with Crippen molar-refractivity contribution in [1.82, 2.24) is 39.0 Å². The Balaban J connectivity index is 1.05. The lowest BCUT2D eigenvalue weighted by Gasteiger charge is -2.27. The van der Waals surface area contributed by atoms with Crippen LogP contribution in [0.15, 0.2) is 72.3 Å². The van der Waals surface area contributed by atoms with Gasteiger partial charge in [0.15, 0.2) is 47.4 Å². The molecule has 8 rings (SSSR count). The molecular weight excluding hydrogens is 931 g/mol. The van der Waals surface area contributed by atoms with Gasteiger partial charge in [0.1, 0.15) is 41.7 Å². The van der Waals surface area contributed by atoms with Crippen molar-refractivity contribution < 1.29 is 59.7 Å². The fourth-order valence-electron chi connectivity index (χ4n) is 7.24. The third-order valence-electron chi connectivity index (χ3n) is 10.5. The molecule has 350 valence electrons. The second-order valence-corrected chi connectivity index (χ2v) is 21.0. The molecule has 0 bridgehead atoms. The van der Waals surface area contributed by atoms with Crippen molar-refractivity contribution in [1.29, 1.82) is 0 Å². The summed E-state index contributed by atoms with van der Waals surface area (Å²) >= 11 is 0.676. The Hall–Kier alpha value is -5.30. The maximum Gasteiger partial charge on any atom is 0.389 e. The van der Waals surface area contributed by atoms with E-state index in [0.717, 1.165) is 25.6 Å². The summed E-state index contributed by atoms with van der Waals surface area (Å²) in [6, 6.07) is 12.8. The molecule has 28 heteroatoms. The molecule has 0 saturated carbocycles. The van der Waals surface area contributed by atoms with E-state index in [0.29, 0.717) is 34.9 Å². The van der Waals surface area contributed by atoms with E-state index in [4.69, 9.17) is 48.5 Å². The Bertz CT molecular complexity index is 2870. The summed E-state index contributed by atoms with van der Waals surface area (Å²) in [7, 11) is -1.72. The molecule has 6 heterocycles. The minimum absolute atomic E-state index is 0.0617. The number of imidazole rings is 2. The van der Waals surface area contributed by atoms with Crippen LogP contribution in [-0.2, 0) is 42.5 Å². The van der Waals surface area contributed by atoms with E-state index in [2.05, 4.69) is 29.9 Å². The molecule has 2 aliphatic heterocycles. The molecule has 2 aliphatic rings. The van der Waals surface area contributed by atoms with E-state index < -0.39 is 81.6 Å². The number of hydrogen-bond acceptors (Lipinski definition) is 20. The van der Waals surface area contributed by atoms with Crippen LogP contribution in [-0.4, -0.2) is 110 Å². The van der Waals surface area contributed by atoms with Gasteiger partial charge in [-0.25, -0.2) is 38.1 Å². The van der Waals surface area contributed by atoms with Gasteiger partial charge in [-0.2, -0.15) is 4.98 Å². The number of carbonyl (C=O) groups is 1. The summed E-state index contributed by atoms with van der Waals surface area (Å²) in [5.41, 5.74) is 12.0. The highest BCUT2D eigenvalue weighted by Gasteiger charge is 2.53. The number of alkyl halides is 2. The maximum atomic E-state index is 16.8. The quantitative estimate of drug-likeness (QED) is 0.0449. The van der Waals surface area contributed by atoms with Crippen LogP contribution >= 0.6 is 25.7 Å².